The summed E-state index contributed by atoms with van der Waals surface area (Å²) in [6.45, 7) is 0.738. The number of nitrogens with zero attached hydrogens (tertiary/aromatic N) is 3. The van der Waals surface area contributed by atoms with Gasteiger partial charge in [-0.1, -0.05) is 0 Å². The van der Waals surface area contributed by atoms with Gasteiger partial charge in [0.25, 0.3) is 5.91 Å². The van der Waals surface area contributed by atoms with Crippen LogP contribution < -0.4 is 0 Å². The Balaban J connectivity index is 1.82. The van der Waals surface area contributed by atoms with Crippen LogP contribution in [0.3, 0.4) is 0 Å². The number of piperidine rings is 1. The second kappa shape index (κ2) is 5.69. The van der Waals surface area contributed by atoms with Crippen molar-refractivity contribution in [2.45, 2.75) is 44.6 Å². The van der Waals surface area contributed by atoms with Crippen molar-refractivity contribution in [2.75, 3.05) is 6.54 Å². The third-order valence-corrected chi connectivity index (χ3v) is 4.43. The van der Waals surface area contributed by atoms with E-state index in [1.807, 2.05) is 4.90 Å². The molecule has 2 heterocycles. The van der Waals surface area contributed by atoms with E-state index < -0.39 is 0 Å². The van der Waals surface area contributed by atoms with Crippen molar-refractivity contribution in [3.05, 3.63) is 24.3 Å². The highest BCUT2D eigenvalue weighted by Crippen LogP contribution is 2.33. The average Bonchev–Trinajstić information content (AvgIpc) is 2.93. The fourth-order valence-electron chi connectivity index (χ4n) is 3.45. The number of hydrogen-bond acceptors (Lipinski definition) is 4. The van der Waals surface area contributed by atoms with Gasteiger partial charge in [0.2, 0.25) is 0 Å². The maximum absolute atomic E-state index is 12.6. The first-order valence-corrected chi connectivity index (χ1v) is 7.36. The Morgan fingerprint density at radius 3 is 2.65 bits per heavy atom. The molecule has 2 fully saturated rings. The molecule has 106 valence electrons. The maximum atomic E-state index is 12.6. The van der Waals surface area contributed by atoms with E-state index in [9.17, 15) is 9.59 Å². The van der Waals surface area contributed by atoms with Gasteiger partial charge in [-0.05, 0) is 32.1 Å². The van der Waals surface area contributed by atoms with Crippen LogP contribution in [0.2, 0.25) is 0 Å². The highest BCUT2D eigenvalue weighted by atomic mass is 16.2. The summed E-state index contributed by atoms with van der Waals surface area (Å²) in [4.78, 5) is 34.3. The first kappa shape index (κ1) is 13.2. The smallest absolute Gasteiger partial charge is 0.257 e. The Morgan fingerprint density at radius 2 is 1.95 bits per heavy atom. The molecule has 0 aromatic carbocycles. The lowest BCUT2D eigenvalue weighted by Gasteiger charge is -2.38. The van der Waals surface area contributed by atoms with Gasteiger partial charge in [0.1, 0.15) is 12.1 Å². The van der Waals surface area contributed by atoms with Crippen molar-refractivity contribution < 1.29 is 9.59 Å². The first-order valence-electron chi connectivity index (χ1n) is 7.36. The van der Waals surface area contributed by atoms with Gasteiger partial charge in [-0.25, -0.2) is 9.97 Å². The Hall–Kier alpha value is -1.78. The fraction of sp³-hybridized carbons (Fsp3) is 0.600. The van der Waals surface area contributed by atoms with E-state index in [0.717, 1.165) is 38.6 Å². The Bertz CT molecular complexity index is 503. The van der Waals surface area contributed by atoms with Crippen LogP contribution in [0.5, 0.6) is 0 Å². The van der Waals surface area contributed by atoms with Gasteiger partial charge in [-0.3, -0.25) is 9.59 Å². The van der Waals surface area contributed by atoms with Crippen molar-refractivity contribution in [3.63, 3.8) is 0 Å². The van der Waals surface area contributed by atoms with E-state index in [1.54, 1.807) is 12.4 Å². The summed E-state index contributed by atoms with van der Waals surface area (Å²) in [7, 11) is 0. The predicted molar refractivity (Wildman–Crippen MR) is 73.1 cm³/mol. The molecule has 1 aliphatic carbocycles. The van der Waals surface area contributed by atoms with E-state index in [2.05, 4.69) is 9.97 Å². The zero-order chi connectivity index (χ0) is 13.9. The van der Waals surface area contributed by atoms with Gasteiger partial charge in [-0.2, -0.15) is 0 Å². The molecule has 0 bridgehead atoms. The van der Waals surface area contributed by atoms with Crippen molar-refractivity contribution >= 4 is 11.7 Å². The maximum Gasteiger partial charge on any atom is 0.257 e. The number of aromatic nitrogens is 2. The number of hydrogen-bond donors (Lipinski definition) is 0. The SMILES string of the molecule is O=C1CCCC1C1CCCCN1C(=O)c1cncnc1. The van der Waals surface area contributed by atoms with Gasteiger partial charge in [0.15, 0.2) is 0 Å². The monoisotopic (exact) mass is 273 g/mol. The molecule has 1 aromatic heterocycles. The lowest BCUT2D eigenvalue weighted by atomic mass is 9.88. The molecule has 0 radical (unpaired) electrons. The van der Waals surface area contributed by atoms with E-state index in [-0.39, 0.29) is 17.9 Å². The number of Topliss-reactive ketones (excluding diaryl/α,β-unsaturated/α-hetero) is 1. The second-order valence-electron chi connectivity index (χ2n) is 5.65. The largest absolute Gasteiger partial charge is 0.335 e. The lowest BCUT2D eigenvalue weighted by Crippen LogP contribution is -2.48. The standard InChI is InChI=1S/C15H19N3O2/c19-14-6-3-4-12(14)13-5-1-2-7-18(13)15(20)11-8-16-10-17-9-11/h8-10,12-13H,1-7H2. The summed E-state index contributed by atoms with van der Waals surface area (Å²) in [6, 6.07) is 0.0754. The normalized spacial score (nSPS) is 26.8. The first-order chi connectivity index (χ1) is 9.77. The molecule has 1 aliphatic heterocycles. The van der Waals surface area contributed by atoms with E-state index >= 15 is 0 Å². The van der Waals surface area contributed by atoms with Crippen LogP contribution in [0.1, 0.15) is 48.9 Å². The van der Waals surface area contributed by atoms with E-state index in [4.69, 9.17) is 0 Å². The van der Waals surface area contributed by atoms with Gasteiger partial charge < -0.3 is 4.90 Å². The molecular weight excluding hydrogens is 254 g/mol. The van der Waals surface area contributed by atoms with Gasteiger partial charge in [-0.15, -0.1) is 0 Å². The third kappa shape index (κ3) is 2.44. The molecule has 2 aliphatic rings. The molecule has 1 saturated carbocycles. The molecule has 5 nitrogen and oxygen atoms in total. The molecule has 1 saturated heterocycles. The zero-order valence-electron chi connectivity index (χ0n) is 11.5. The average molecular weight is 273 g/mol. The van der Waals surface area contributed by atoms with Crippen molar-refractivity contribution in [1.29, 1.82) is 0 Å². The number of carbonyl (C=O) groups excluding carboxylic acids is 2. The molecule has 3 rings (SSSR count). The quantitative estimate of drug-likeness (QED) is 0.825. The fourth-order valence-corrected chi connectivity index (χ4v) is 3.45. The molecule has 5 heteroatoms. The Labute approximate surface area is 118 Å². The third-order valence-electron chi connectivity index (χ3n) is 4.43. The number of amides is 1. The molecule has 2 atom stereocenters. The minimum Gasteiger partial charge on any atom is -0.335 e. The van der Waals surface area contributed by atoms with Crippen LogP contribution in [0.25, 0.3) is 0 Å². The molecule has 1 amide bonds. The van der Waals surface area contributed by atoms with Crippen LogP contribution >= 0.6 is 0 Å². The molecule has 2 unspecified atom stereocenters. The highest BCUT2D eigenvalue weighted by Gasteiger charge is 2.38. The molecule has 0 N–H and O–H groups in total. The summed E-state index contributed by atoms with van der Waals surface area (Å²) < 4.78 is 0. The van der Waals surface area contributed by atoms with E-state index in [0.29, 0.717) is 17.8 Å². The minimum absolute atomic E-state index is 0.0324. The predicted octanol–water partition coefficient (Wildman–Crippen LogP) is 1.84. The van der Waals surface area contributed by atoms with Gasteiger partial charge in [0, 0.05) is 37.3 Å². The van der Waals surface area contributed by atoms with E-state index in [1.165, 1.54) is 6.33 Å². The Kier molecular flexibility index (Phi) is 3.76. The highest BCUT2D eigenvalue weighted by molar-refractivity contribution is 5.94. The second-order valence-corrected chi connectivity index (χ2v) is 5.65. The summed E-state index contributed by atoms with van der Waals surface area (Å²) in [5.41, 5.74) is 0.518. The molecule has 20 heavy (non-hydrogen) atoms. The summed E-state index contributed by atoms with van der Waals surface area (Å²) in [5, 5.41) is 0. The number of ketones is 1. The zero-order valence-corrected chi connectivity index (χ0v) is 11.5. The van der Waals surface area contributed by atoms with Gasteiger partial charge in [0.05, 0.1) is 5.56 Å². The number of likely N-dealkylation sites (tertiary alicyclic amines) is 1. The summed E-state index contributed by atoms with van der Waals surface area (Å²) >= 11 is 0. The summed E-state index contributed by atoms with van der Waals surface area (Å²) in [6.07, 6.45) is 10.2. The molecule has 1 aromatic rings. The summed E-state index contributed by atoms with van der Waals surface area (Å²) in [5.74, 6) is 0.345. The molecular formula is C15H19N3O2. The van der Waals surface area contributed by atoms with Crippen LogP contribution in [-0.4, -0.2) is 39.1 Å². The van der Waals surface area contributed by atoms with Crippen LogP contribution in [-0.2, 0) is 4.79 Å². The number of carbonyl (C=O) groups is 2. The van der Waals surface area contributed by atoms with Crippen molar-refractivity contribution in [3.8, 4) is 0 Å². The van der Waals surface area contributed by atoms with Gasteiger partial charge >= 0.3 is 0 Å². The van der Waals surface area contributed by atoms with Crippen LogP contribution in [0.15, 0.2) is 18.7 Å². The van der Waals surface area contributed by atoms with Crippen LogP contribution in [0, 0.1) is 5.92 Å². The van der Waals surface area contributed by atoms with Crippen molar-refractivity contribution in [2.24, 2.45) is 5.92 Å². The lowest BCUT2D eigenvalue weighted by molar-refractivity contribution is -0.122. The topological polar surface area (TPSA) is 63.2 Å². The molecule has 0 spiro atoms. The Morgan fingerprint density at radius 1 is 1.15 bits per heavy atom. The van der Waals surface area contributed by atoms with Crippen LogP contribution in [0.4, 0.5) is 0 Å². The number of rotatable bonds is 2. The minimum atomic E-state index is -0.0324. The van der Waals surface area contributed by atoms with Crippen molar-refractivity contribution in [1.82, 2.24) is 14.9 Å².